The van der Waals surface area contributed by atoms with Crippen LogP contribution in [0.15, 0.2) is 22.7 Å². The molecule has 1 saturated heterocycles. The van der Waals surface area contributed by atoms with Crippen molar-refractivity contribution in [3.8, 4) is 0 Å². The molecule has 0 radical (unpaired) electrons. The molecular formula is C12H11BrNO4-. The minimum Gasteiger partial charge on any atom is -0.545 e. The maximum Gasteiger partial charge on any atom is 0.253 e. The van der Waals surface area contributed by atoms with Crippen LogP contribution >= 0.6 is 15.9 Å². The van der Waals surface area contributed by atoms with Crippen molar-refractivity contribution in [2.75, 3.05) is 11.9 Å². The molecule has 1 fully saturated rings. The van der Waals surface area contributed by atoms with E-state index in [-0.39, 0.29) is 17.2 Å². The van der Waals surface area contributed by atoms with Gasteiger partial charge in [0.15, 0.2) is 0 Å². The first-order valence-electron chi connectivity index (χ1n) is 5.51. The smallest absolute Gasteiger partial charge is 0.253 e. The highest BCUT2D eigenvalue weighted by Gasteiger charge is 2.24. The van der Waals surface area contributed by atoms with Gasteiger partial charge in [-0.3, -0.25) is 4.79 Å². The van der Waals surface area contributed by atoms with Crippen molar-refractivity contribution < 1.29 is 19.4 Å². The summed E-state index contributed by atoms with van der Waals surface area (Å²) in [5.41, 5.74) is 0.162. The van der Waals surface area contributed by atoms with Crippen LogP contribution in [0.4, 0.5) is 5.69 Å². The molecule has 0 bridgehead atoms. The minimum atomic E-state index is -1.33. The van der Waals surface area contributed by atoms with Crippen molar-refractivity contribution in [3.05, 3.63) is 28.2 Å². The Morgan fingerprint density at radius 2 is 2.22 bits per heavy atom. The van der Waals surface area contributed by atoms with Gasteiger partial charge < -0.3 is 20.0 Å². The number of benzene rings is 1. The summed E-state index contributed by atoms with van der Waals surface area (Å²) in [4.78, 5) is 22.8. The molecule has 1 heterocycles. The lowest BCUT2D eigenvalue weighted by atomic mass is 10.1. The normalized spacial score (nSPS) is 18.6. The van der Waals surface area contributed by atoms with Gasteiger partial charge in [-0.25, -0.2) is 0 Å². The highest BCUT2D eigenvalue weighted by molar-refractivity contribution is 9.10. The molecule has 1 aliphatic rings. The molecule has 1 N–H and O–H groups in total. The van der Waals surface area contributed by atoms with E-state index in [1.807, 2.05) is 0 Å². The second kappa shape index (κ2) is 5.49. The Labute approximate surface area is 112 Å². The Morgan fingerprint density at radius 3 is 2.83 bits per heavy atom. The van der Waals surface area contributed by atoms with Crippen LogP contribution in [-0.4, -0.2) is 24.6 Å². The Hall–Kier alpha value is -1.40. The predicted octanol–water partition coefficient (Wildman–Crippen LogP) is 0.930. The molecular weight excluding hydrogens is 302 g/mol. The summed E-state index contributed by atoms with van der Waals surface area (Å²) < 4.78 is 5.83. The van der Waals surface area contributed by atoms with Crippen LogP contribution < -0.4 is 10.4 Å². The Kier molecular flexibility index (Phi) is 3.98. The molecule has 1 aromatic carbocycles. The molecule has 5 nitrogen and oxygen atoms in total. The maximum absolute atomic E-state index is 11.8. The molecule has 0 aliphatic carbocycles. The monoisotopic (exact) mass is 312 g/mol. The zero-order chi connectivity index (χ0) is 13.1. The van der Waals surface area contributed by atoms with Gasteiger partial charge in [0.25, 0.3) is 5.91 Å². The van der Waals surface area contributed by atoms with Crippen molar-refractivity contribution in [2.24, 2.45) is 0 Å². The Balaban J connectivity index is 2.17. The van der Waals surface area contributed by atoms with Crippen LogP contribution in [0.25, 0.3) is 0 Å². The summed E-state index contributed by atoms with van der Waals surface area (Å²) in [6.07, 6.45) is 0.998. The van der Waals surface area contributed by atoms with Gasteiger partial charge in [-0.05, 0) is 31.0 Å². The van der Waals surface area contributed by atoms with Crippen LogP contribution in [0.2, 0.25) is 0 Å². The van der Waals surface area contributed by atoms with Gasteiger partial charge in [0.2, 0.25) is 0 Å². The molecule has 0 unspecified atom stereocenters. The van der Waals surface area contributed by atoms with Crippen molar-refractivity contribution >= 4 is 33.5 Å². The quantitative estimate of drug-likeness (QED) is 0.900. The van der Waals surface area contributed by atoms with Gasteiger partial charge in [0.1, 0.15) is 6.10 Å². The molecule has 1 atom stereocenters. The molecule has 1 aliphatic heterocycles. The third-order valence-electron chi connectivity index (χ3n) is 2.68. The molecule has 18 heavy (non-hydrogen) atoms. The van der Waals surface area contributed by atoms with E-state index < -0.39 is 12.1 Å². The van der Waals surface area contributed by atoms with Crippen LogP contribution in [0, 0.1) is 0 Å². The fourth-order valence-electron chi connectivity index (χ4n) is 1.79. The average Bonchev–Trinajstić information content (AvgIpc) is 2.84. The molecule has 96 valence electrons. The largest absolute Gasteiger partial charge is 0.545 e. The average molecular weight is 313 g/mol. The number of nitrogens with one attached hydrogen (secondary N) is 1. The van der Waals surface area contributed by atoms with Crippen molar-refractivity contribution in [1.82, 2.24) is 0 Å². The lowest BCUT2D eigenvalue weighted by molar-refractivity contribution is -0.254. The summed E-state index contributed by atoms with van der Waals surface area (Å²) >= 11 is 3.17. The van der Waals surface area contributed by atoms with Crippen LogP contribution in [0.3, 0.4) is 0 Å². The van der Waals surface area contributed by atoms with E-state index in [4.69, 9.17) is 4.74 Å². The van der Waals surface area contributed by atoms with Gasteiger partial charge in [0, 0.05) is 22.3 Å². The number of ether oxygens (including phenoxy) is 1. The summed E-state index contributed by atoms with van der Waals surface area (Å²) in [6.45, 7) is 0.561. The molecule has 6 heteroatoms. The first kappa shape index (κ1) is 13.0. The molecule has 1 amide bonds. The van der Waals surface area contributed by atoms with Crippen molar-refractivity contribution in [2.45, 2.75) is 18.9 Å². The van der Waals surface area contributed by atoms with E-state index in [1.165, 1.54) is 12.1 Å². The molecule has 1 aromatic rings. The molecule has 0 spiro atoms. The zero-order valence-electron chi connectivity index (χ0n) is 9.44. The summed E-state index contributed by atoms with van der Waals surface area (Å²) in [6, 6.07) is 4.56. The van der Waals surface area contributed by atoms with Gasteiger partial charge in [-0.2, -0.15) is 0 Å². The number of hydrogen-bond acceptors (Lipinski definition) is 4. The van der Waals surface area contributed by atoms with Crippen LogP contribution in [-0.2, 0) is 9.53 Å². The third kappa shape index (κ3) is 2.88. The number of carbonyl (C=O) groups excluding carboxylic acids is 2. The first-order valence-corrected chi connectivity index (χ1v) is 6.30. The number of halogens is 1. The maximum atomic E-state index is 11.8. The van der Waals surface area contributed by atoms with Gasteiger partial charge in [-0.1, -0.05) is 15.9 Å². The number of aromatic carboxylic acids is 1. The number of carboxylic acid groups (broad SMARTS) is 1. The van der Waals surface area contributed by atoms with E-state index in [1.54, 1.807) is 6.07 Å². The number of anilines is 1. The number of rotatable bonds is 3. The number of hydrogen-bond donors (Lipinski definition) is 1. The lowest BCUT2D eigenvalue weighted by Gasteiger charge is -2.14. The van der Waals surface area contributed by atoms with Crippen molar-refractivity contribution in [1.29, 1.82) is 0 Å². The van der Waals surface area contributed by atoms with E-state index in [9.17, 15) is 14.7 Å². The summed E-state index contributed by atoms with van der Waals surface area (Å²) in [5, 5.41) is 13.5. The van der Waals surface area contributed by atoms with Crippen LogP contribution in [0.1, 0.15) is 23.2 Å². The van der Waals surface area contributed by atoms with Gasteiger partial charge >= 0.3 is 0 Å². The third-order valence-corrected chi connectivity index (χ3v) is 3.17. The topological polar surface area (TPSA) is 78.5 Å². The van der Waals surface area contributed by atoms with E-state index in [0.717, 1.165) is 6.42 Å². The van der Waals surface area contributed by atoms with Crippen molar-refractivity contribution in [3.63, 3.8) is 0 Å². The van der Waals surface area contributed by atoms with E-state index >= 15 is 0 Å². The number of amides is 1. The molecule has 0 saturated carbocycles. The fraction of sp³-hybridized carbons (Fsp3) is 0.333. The van der Waals surface area contributed by atoms with Crippen LogP contribution in [0.5, 0.6) is 0 Å². The lowest BCUT2D eigenvalue weighted by Crippen LogP contribution is -2.29. The Morgan fingerprint density at radius 1 is 1.44 bits per heavy atom. The van der Waals surface area contributed by atoms with E-state index in [2.05, 4.69) is 21.2 Å². The fourth-order valence-corrected chi connectivity index (χ4v) is 2.15. The Bertz CT molecular complexity index is 483. The second-order valence-corrected chi connectivity index (χ2v) is 4.88. The molecule has 0 aromatic heterocycles. The number of carboxylic acids is 1. The summed E-state index contributed by atoms with van der Waals surface area (Å²) in [5.74, 6) is -1.66. The second-order valence-electron chi connectivity index (χ2n) is 3.97. The minimum absolute atomic E-state index is 0.0595. The molecule has 2 rings (SSSR count). The summed E-state index contributed by atoms with van der Waals surface area (Å²) in [7, 11) is 0. The van der Waals surface area contributed by atoms with Gasteiger partial charge in [0.05, 0.1) is 5.97 Å². The SMILES string of the molecule is O=C([O-])c1cc(Br)ccc1NC(=O)[C@H]1CCCO1. The standard InChI is InChI=1S/C12H12BrNO4/c13-7-3-4-9(8(6-7)12(16)17)14-11(15)10-2-1-5-18-10/h3-4,6,10H,1-2,5H2,(H,14,15)(H,16,17)/p-1/t10-/m1/s1. The zero-order valence-corrected chi connectivity index (χ0v) is 11.0. The number of carbonyl (C=O) groups is 2. The predicted molar refractivity (Wildman–Crippen MR) is 66.1 cm³/mol. The van der Waals surface area contributed by atoms with Gasteiger partial charge in [-0.15, -0.1) is 0 Å². The highest BCUT2D eigenvalue weighted by atomic mass is 79.9. The first-order chi connectivity index (χ1) is 8.58. The van der Waals surface area contributed by atoms with E-state index in [0.29, 0.717) is 17.5 Å². The highest BCUT2D eigenvalue weighted by Crippen LogP contribution is 2.22.